The quantitative estimate of drug-likeness (QED) is 0.304. The molecule has 1 saturated heterocycles. The van der Waals surface area contributed by atoms with Crippen LogP contribution in [0.4, 0.5) is 0 Å². The largest absolute Gasteiger partial charge is 0.497 e. The predicted octanol–water partition coefficient (Wildman–Crippen LogP) is 5.53. The van der Waals surface area contributed by atoms with Gasteiger partial charge >= 0.3 is 0 Å². The molecule has 3 aliphatic rings. The zero-order chi connectivity index (χ0) is 30.8. The summed E-state index contributed by atoms with van der Waals surface area (Å²) in [5, 5.41) is 7.29. The van der Waals surface area contributed by atoms with Crippen molar-refractivity contribution in [1.82, 2.24) is 15.5 Å². The number of hydrogen-bond acceptors (Lipinski definition) is 6. The maximum Gasteiger partial charge on any atom is 0.252 e. The first-order valence-electron chi connectivity index (χ1n) is 15.9. The third kappa shape index (κ3) is 6.64. The number of methoxy groups -OCH3 is 2. The van der Waals surface area contributed by atoms with Gasteiger partial charge in [0.2, 0.25) is 0 Å². The lowest BCUT2D eigenvalue weighted by atomic mass is 9.83. The van der Waals surface area contributed by atoms with Crippen molar-refractivity contribution >= 4 is 11.5 Å². The van der Waals surface area contributed by atoms with Crippen LogP contribution in [0.15, 0.2) is 60.2 Å². The average Bonchev–Trinajstić information content (AvgIpc) is 3.87. The number of rotatable bonds is 11. The molecule has 2 unspecified atom stereocenters. The average molecular weight is 596 g/mol. The molecule has 3 aromatic rings. The van der Waals surface area contributed by atoms with Gasteiger partial charge in [-0.1, -0.05) is 30.3 Å². The molecule has 6 rings (SSSR count). The van der Waals surface area contributed by atoms with E-state index in [1.807, 2.05) is 18.2 Å². The molecule has 1 amide bonds. The van der Waals surface area contributed by atoms with E-state index in [0.29, 0.717) is 19.2 Å². The van der Waals surface area contributed by atoms with Gasteiger partial charge in [0.25, 0.3) is 5.91 Å². The van der Waals surface area contributed by atoms with Crippen molar-refractivity contribution in [2.24, 2.45) is 0 Å². The van der Waals surface area contributed by atoms with Crippen LogP contribution in [0.3, 0.4) is 0 Å². The van der Waals surface area contributed by atoms with Gasteiger partial charge < -0.3 is 29.7 Å². The SMILES string of the molecule is COc1cc(CN(C(=O)C2=C(c3ccc(CCOc4cc(C)cc(C)c4C)cc3)CC3CNCC2N3)C2CC2)cc(OC)c1. The van der Waals surface area contributed by atoms with Gasteiger partial charge in [-0.25, -0.2) is 0 Å². The maximum atomic E-state index is 14.5. The fraction of sp³-hybridized carbons (Fsp3) is 0.432. The van der Waals surface area contributed by atoms with E-state index >= 15 is 0 Å². The van der Waals surface area contributed by atoms with Crippen LogP contribution >= 0.6 is 0 Å². The van der Waals surface area contributed by atoms with Gasteiger partial charge in [-0.3, -0.25) is 4.79 Å². The molecule has 3 aromatic carbocycles. The minimum atomic E-state index is -0.0137. The van der Waals surface area contributed by atoms with Crippen LogP contribution in [-0.4, -0.2) is 62.8 Å². The van der Waals surface area contributed by atoms with Crippen molar-refractivity contribution in [1.29, 1.82) is 0 Å². The standard InChI is InChI=1S/C37H45N3O4/c1-23-14-24(2)25(3)35(15-23)44-13-12-26-6-8-28(9-7-26)33-18-29-20-38-21-34(39-29)36(33)37(41)40(30-10-11-30)22-27-16-31(42-4)19-32(17-27)43-5/h6-9,14-17,19,29-30,34,38-39H,10-13,18,20-22H2,1-5H3. The molecule has 2 bridgehead atoms. The second kappa shape index (κ2) is 13.0. The van der Waals surface area contributed by atoms with Crippen LogP contribution < -0.4 is 24.8 Å². The maximum absolute atomic E-state index is 14.5. The van der Waals surface area contributed by atoms with Gasteiger partial charge in [0.05, 0.1) is 26.9 Å². The van der Waals surface area contributed by atoms with Crippen LogP contribution in [0.5, 0.6) is 17.2 Å². The summed E-state index contributed by atoms with van der Waals surface area (Å²) < 4.78 is 17.2. The van der Waals surface area contributed by atoms with Crippen molar-refractivity contribution in [2.45, 2.75) is 71.1 Å². The predicted molar refractivity (Wildman–Crippen MR) is 175 cm³/mol. The van der Waals surface area contributed by atoms with Crippen LogP contribution in [0, 0.1) is 20.8 Å². The summed E-state index contributed by atoms with van der Waals surface area (Å²) in [6, 6.07) is 19.5. The molecule has 2 heterocycles. The van der Waals surface area contributed by atoms with Gasteiger partial charge in [-0.2, -0.15) is 0 Å². The van der Waals surface area contributed by atoms with E-state index in [1.54, 1.807) is 14.2 Å². The number of carbonyl (C=O) groups excluding carboxylic acids is 1. The van der Waals surface area contributed by atoms with Crippen LogP contribution in [-0.2, 0) is 17.8 Å². The Morgan fingerprint density at radius 2 is 1.64 bits per heavy atom. The molecule has 2 fully saturated rings. The minimum Gasteiger partial charge on any atom is -0.497 e. The second-order valence-electron chi connectivity index (χ2n) is 12.6. The second-order valence-corrected chi connectivity index (χ2v) is 12.6. The monoisotopic (exact) mass is 595 g/mol. The highest BCUT2D eigenvalue weighted by atomic mass is 16.5. The Labute approximate surface area is 261 Å². The number of nitrogens with one attached hydrogen (secondary N) is 2. The zero-order valence-electron chi connectivity index (χ0n) is 26.7. The molecular weight excluding hydrogens is 550 g/mol. The number of benzene rings is 3. The lowest BCUT2D eigenvalue weighted by Crippen LogP contribution is -2.59. The molecule has 0 radical (unpaired) electrons. The molecule has 7 nitrogen and oxygen atoms in total. The highest BCUT2D eigenvalue weighted by molar-refractivity contribution is 6.03. The number of fused-ring (bicyclic) bond motifs is 2. The van der Waals surface area contributed by atoms with E-state index in [4.69, 9.17) is 14.2 Å². The van der Waals surface area contributed by atoms with Gasteiger partial charge in [0.1, 0.15) is 17.2 Å². The van der Waals surface area contributed by atoms with Gasteiger partial charge in [0.15, 0.2) is 0 Å². The van der Waals surface area contributed by atoms with Gasteiger partial charge in [-0.15, -0.1) is 0 Å². The van der Waals surface area contributed by atoms with Gasteiger partial charge in [-0.05, 0) is 97.2 Å². The molecule has 44 heavy (non-hydrogen) atoms. The van der Waals surface area contributed by atoms with Gasteiger partial charge in [0, 0.05) is 49.8 Å². The highest BCUT2D eigenvalue weighted by Gasteiger charge is 2.41. The highest BCUT2D eigenvalue weighted by Crippen LogP contribution is 2.37. The Morgan fingerprint density at radius 3 is 2.32 bits per heavy atom. The molecule has 0 aromatic heterocycles. The number of amides is 1. The summed E-state index contributed by atoms with van der Waals surface area (Å²) in [7, 11) is 3.31. The molecule has 1 aliphatic carbocycles. The summed E-state index contributed by atoms with van der Waals surface area (Å²) in [5.41, 5.74) is 9.13. The molecule has 2 aliphatic heterocycles. The topological polar surface area (TPSA) is 72.1 Å². The Kier molecular flexibility index (Phi) is 8.96. The molecule has 2 N–H and O–H groups in total. The lowest BCUT2D eigenvalue weighted by Gasteiger charge is -2.41. The van der Waals surface area contributed by atoms with Crippen LogP contribution in [0.25, 0.3) is 5.57 Å². The fourth-order valence-corrected chi connectivity index (χ4v) is 6.60. The number of hydrogen-bond donors (Lipinski definition) is 2. The fourth-order valence-electron chi connectivity index (χ4n) is 6.60. The summed E-state index contributed by atoms with van der Waals surface area (Å²) in [5.74, 6) is 2.56. The van der Waals surface area contributed by atoms with E-state index in [2.05, 4.69) is 72.7 Å². The Hall–Kier alpha value is -3.81. The summed E-state index contributed by atoms with van der Waals surface area (Å²) in [4.78, 5) is 16.6. The van der Waals surface area contributed by atoms with E-state index in [0.717, 1.165) is 72.7 Å². The Morgan fingerprint density at radius 1 is 0.909 bits per heavy atom. The molecular formula is C37H45N3O4. The summed E-state index contributed by atoms with van der Waals surface area (Å²) in [6.07, 6.45) is 3.72. The van der Waals surface area contributed by atoms with Crippen molar-refractivity contribution in [2.75, 3.05) is 33.9 Å². The number of carbonyl (C=O) groups is 1. The smallest absolute Gasteiger partial charge is 0.252 e. The van der Waals surface area contributed by atoms with Crippen molar-refractivity contribution in [3.05, 3.63) is 93.6 Å². The van der Waals surface area contributed by atoms with Crippen LogP contribution in [0.2, 0.25) is 0 Å². The van der Waals surface area contributed by atoms with E-state index < -0.39 is 0 Å². The number of ether oxygens (including phenoxy) is 3. The first-order chi connectivity index (χ1) is 21.3. The van der Waals surface area contributed by atoms with Crippen molar-refractivity contribution < 1.29 is 19.0 Å². The summed E-state index contributed by atoms with van der Waals surface area (Å²) >= 11 is 0. The van der Waals surface area contributed by atoms with Crippen molar-refractivity contribution in [3.63, 3.8) is 0 Å². The Bertz CT molecular complexity index is 1520. The van der Waals surface area contributed by atoms with Crippen LogP contribution in [0.1, 0.15) is 52.6 Å². The Balaban J connectivity index is 1.24. The molecule has 232 valence electrons. The number of piperazine rings is 1. The zero-order valence-corrected chi connectivity index (χ0v) is 26.7. The third-order valence-electron chi connectivity index (χ3n) is 9.26. The third-order valence-corrected chi connectivity index (χ3v) is 9.26. The molecule has 2 atom stereocenters. The summed E-state index contributed by atoms with van der Waals surface area (Å²) in [6.45, 7) is 9.16. The van der Waals surface area contributed by atoms with E-state index in [9.17, 15) is 4.79 Å². The molecule has 0 spiro atoms. The minimum absolute atomic E-state index is 0.0137. The number of aryl methyl sites for hydroxylation is 2. The van der Waals surface area contributed by atoms with Crippen molar-refractivity contribution in [3.8, 4) is 17.2 Å². The van der Waals surface area contributed by atoms with E-state index in [-0.39, 0.29) is 18.0 Å². The number of nitrogens with zero attached hydrogens (tertiary/aromatic N) is 1. The normalized spacial score (nSPS) is 19.5. The van der Waals surface area contributed by atoms with E-state index in [1.165, 1.54) is 27.8 Å². The molecule has 1 saturated carbocycles. The molecule has 7 heteroatoms. The first kappa shape index (κ1) is 30.2. The lowest BCUT2D eigenvalue weighted by molar-refractivity contribution is -0.128. The first-order valence-corrected chi connectivity index (χ1v) is 15.9.